The molecular formula is C20H21N3O2. The van der Waals surface area contributed by atoms with Gasteiger partial charge in [0.05, 0.1) is 5.70 Å². The second-order valence-electron chi connectivity index (χ2n) is 5.57. The summed E-state index contributed by atoms with van der Waals surface area (Å²) in [6.07, 6.45) is 11.4. The number of rotatable bonds is 6. The molecule has 0 aliphatic heterocycles. The summed E-state index contributed by atoms with van der Waals surface area (Å²) in [5, 5.41) is 8.89. The number of hydrogen-bond acceptors (Lipinski definition) is 5. The van der Waals surface area contributed by atoms with E-state index in [2.05, 4.69) is 10.4 Å². The lowest BCUT2D eigenvalue weighted by atomic mass is 9.99. The van der Waals surface area contributed by atoms with Crippen LogP contribution in [0.1, 0.15) is 12.5 Å². The zero-order valence-electron chi connectivity index (χ0n) is 14.6. The highest BCUT2D eigenvalue weighted by molar-refractivity contribution is 6.22. The zero-order valence-corrected chi connectivity index (χ0v) is 14.6. The Morgan fingerprint density at radius 3 is 2.56 bits per heavy atom. The van der Waals surface area contributed by atoms with E-state index in [9.17, 15) is 9.59 Å². The number of Topliss-reactive ketones (excluding diaryl/α,β-unsaturated/α-hetero) is 1. The Morgan fingerprint density at radius 2 is 1.84 bits per heavy atom. The van der Waals surface area contributed by atoms with Crippen LogP contribution in [0.5, 0.6) is 0 Å². The standard InChI is InChI=1S/C20H21N3O2/c1-4-8-16-13-17(24)14-19(20(16)25)22-18-11-6-5-9-15(18)10-7-12-21-23(2)3/h4-14,22H,1-3H3/b8-4+,10-7+,21-12+. The SMILES string of the molecule is C/C=C/C1=CC(=O)C=C(Nc2ccccc2/C=C/C=N/N(C)C)C1=O. The molecule has 0 spiro atoms. The maximum Gasteiger partial charge on any atom is 0.209 e. The summed E-state index contributed by atoms with van der Waals surface area (Å²) in [6, 6.07) is 7.54. The molecule has 0 bridgehead atoms. The number of benzene rings is 1. The molecule has 1 N–H and O–H groups in total. The summed E-state index contributed by atoms with van der Waals surface area (Å²) in [5.74, 6) is -0.410. The minimum absolute atomic E-state index is 0.203. The predicted molar refractivity (Wildman–Crippen MR) is 102 cm³/mol. The van der Waals surface area contributed by atoms with Gasteiger partial charge in [-0.1, -0.05) is 36.4 Å². The third kappa shape index (κ3) is 5.14. The first-order valence-corrected chi connectivity index (χ1v) is 7.90. The predicted octanol–water partition coefficient (Wildman–Crippen LogP) is 3.20. The number of anilines is 1. The average Bonchev–Trinajstić information content (AvgIpc) is 2.57. The van der Waals surface area contributed by atoms with Gasteiger partial charge < -0.3 is 10.3 Å². The van der Waals surface area contributed by atoms with Crippen molar-refractivity contribution in [1.82, 2.24) is 5.01 Å². The molecule has 0 saturated heterocycles. The molecule has 0 heterocycles. The third-order valence-electron chi connectivity index (χ3n) is 3.33. The molecule has 1 aromatic carbocycles. The normalized spacial score (nSPS) is 15.2. The van der Waals surface area contributed by atoms with Crippen LogP contribution in [-0.2, 0) is 9.59 Å². The molecule has 0 fully saturated rings. The molecule has 0 aromatic heterocycles. The number of hydrogen-bond donors (Lipinski definition) is 1. The van der Waals surface area contributed by atoms with Crippen LogP contribution in [0, 0.1) is 0 Å². The van der Waals surface area contributed by atoms with Crippen LogP contribution in [0.2, 0.25) is 0 Å². The Kier molecular flexibility index (Phi) is 6.23. The first-order valence-electron chi connectivity index (χ1n) is 7.90. The van der Waals surface area contributed by atoms with Crippen molar-refractivity contribution < 1.29 is 9.59 Å². The minimum atomic E-state index is -0.207. The number of allylic oxidation sites excluding steroid dienone is 6. The highest BCUT2D eigenvalue weighted by atomic mass is 16.1. The van der Waals surface area contributed by atoms with Crippen molar-refractivity contribution in [1.29, 1.82) is 0 Å². The number of carbonyl (C=O) groups excluding carboxylic acids is 2. The molecule has 0 amide bonds. The van der Waals surface area contributed by atoms with E-state index in [-0.39, 0.29) is 17.3 Å². The summed E-state index contributed by atoms with van der Waals surface area (Å²) in [4.78, 5) is 24.3. The van der Waals surface area contributed by atoms with Crippen LogP contribution in [0.15, 0.2) is 71.0 Å². The first kappa shape index (κ1) is 18.1. The van der Waals surface area contributed by atoms with Crippen LogP contribution in [0.4, 0.5) is 5.69 Å². The topological polar surface area (TPSA) is 61.8 Å². The van der Waals surface area contributed by atoms with Gasteiger partial charge in [0, 0.05) is 37.6 Å². The zero-order chi connectivity index (χ0) is 18.2. The van der Waals surface area contributed by atoms with E-state index in [0.717, 1.165) is 11.3 Å². The second kappa shape index (κ2) is 8.59. The van der Waals surface area contributed by atoms with Crippen molar-refractivity contribution in [2.45, 2.75) is 6.92 Å². The Balaban J connectivity index is 2.23. The van der Waals surface area contributed by atoms with Crippen LogP contribution in [0.3, 0.4) is 0 Å². The molecule has 128 valence electrons. The molecule has 0 saturated carbocycles. The first-order chi connectivity index (χ1) is 12.0. The van der Waals surface area contributed by atoms with Gasteiger partial charge in [-0.05, 0) is 30.7 Å². The monoisotopic (exact) mass is 335 g/mol. The highest BCUT2D eigenvalue weighted by Gasteiger charge is 2.20. The van der Waals surface area contributed by atoms with E-state index in [1.807, 2.05) is 50.5 Å². The lowest BCUT2D eigenvalue weighted by molar-refractivity contribution is -0.114. The van der Waals surface area contributed by atoms with Crippen molar-refractivity contribution in [3.05, 3.63) is 71.5 Å². The van der Waals surface area contributed by atoms with Gasteiger partial charge in [0.25, 0.3) is 0 Å². The van der Waals surface area contributed by atoms with Crippen LogP contribution < -0.4 is 5.32 Å². The van der Waals surface area contributed by atoms with Gasteiger partial charge >= 0.3 is 0 Å². The fourth-order valence-electron chi connectivity index (χ4n) is 2.24. The molecule has 2 rings (SSSR count). The number of hydrazone groups is 1. The molecule has 5 nitrogen and oxygen atoms in total. The number of carbonyl (C=O) groups is 2. The van der Waals surface area contributed by atoms with E-state index in [4.69, 9.17) is 0 Å². The van der Waals surface area contributed by atoms with E-state index in [1.165, 1.54) is 12.2 Å². The number of ketones is 2. The molecule has 1 aliphatic rings. The Bertz CT molecular complexity index is 812. The summed E-state index contributed by atoms with van der Waals surface area (Å²) in [5.41, 5.74) is 2.27. The van der Waals surface area contributed by atoms with Crippen LogP contribution in [0.25, 0.3) is 6.08 Å². The molecular weight excluding hydrogens is 314 g/mol. The Morgan fingerprint density at radius 1 is 1.08 bits per heavy atom. The van der Waals surface area contributed by atoms with Crippen molar-refractivity contribution in [2.75, 3.05) is 19.4 Å². The number of para-hydroxylation sites is 1. The van der Waals surface area contributed by atoms with Crippen molar-refractivity contribution >= 4 is 29.5 Å². The smallest absolute Gasteiger partial charge is 0.209 e. The van der Waals surface area contributed by atoms with Gasteiger partial charge in [0.2, 0.25) is 5.78 Å². The van der Waals surface area contributed by atoms with E-state index in [1.54, 1.807) is 30.3 Å². The van der Waals surface area contributed by atoms with E-state index < -0.39 is 0 Å². The van der Waals surface area contributed by atoms with E-state index >= 15 is 0 Å². The van der Waals surface area contributed by atoms with Gasteiger partial charge in [-0.15, -0.1) is 0 Å². The molecule has 1 aromatic rings. The summed E-state index contributed by atoms with van der Waals surface area (Å²) < 4.78 is 0. The fourth-order valence-corrected chi connectivity index (χ4v) is 2.24. The van der Waals surface area contributed by atoms with Crippen molar-refractivity contribution in [2.24, 2.45) is 5.10 Å². The highest BCUT2D eigenvalue weighted by Crippen LogP contribution is 2.22. The molecule has 0 unspecified atom stereocenters. The lowest BCUT2D eigenvalue weighted by Gasteiger charge is -2.15. The molecule has 0 radical (unpaired) electrons. The summed E-state index contributed by atoms with van der Waals surface area (Å²) in [7, 11) is 3.68. The molecule has 1 aliphatic carbocycles. The van der Waals surface area contributed by atoms with Crippen LogP contribution >= 0.6 is 0 Å². The van der Waals surface area contributed by atoms with Crippen molar-refractivity contribution in [3.8, 4) is 0 Å². The van der Waals surface area contributed by atoms with Gasteiger partial charge in [-0.3, -0.25) is 9.59 Å². The van der Waals surface area contributed by atoms with Gasteiger partial charge in [-0.2, -0.15) is 5.10 Å². The fraction of sp³-hybridized carbons (Fsp3) is 0.150. The Labute approximate surface area is 147 Å². The number of nitrogens with zero attached hydrogens (tertiary/aromatic N) is 2. The third-order valence-corrected chi connectivity index (χ3v) is 3.33. The van der Waals surface area contributed by atoms with Gasteiger partial charge in [0.1, 0.15) is 0 Å². The summed E-state index contributed by atoms with van der Waals surface area (Å²) in [6.45, 7) is 1.80. The van der Waals surface area contributed by atoms with Gasteiger partial charge in [-0.25, -0.2) is 0 Å². The van der Waals surface area contributed by atoms with E-state index in [0.29, 0.717) is 5.57 Å². The Hall–Kier alpha value is -3.21. The van der Waals surface area contributed by atoms with Crippen molar-refractivity contribution in [3.63, 3.8) is 0 Å². The maximum absolute atomic E-state index is 12.5. The molecule has 5 heteroatoms. The van der Waals surface area contributed by atoms with Crippen LogP contribution in [-0.4, -0.2) is 36.9 Å². The number of nitrogens with one attached hydrogen (secondary N) is 1. The average molecular weight is 335 g/mol. The second-order valence-corrected chi connectivity index (χ2v) is 5.57. The minimum Gasteiger partial charge on any atom is -0.352 e. The quantitative estimate of drug-likeness (QED) is 0.493. The lowest BCUT2D eigenvalue weighted by Crippen LogP contribution is -2.19. The van der Waals surface area contributed by atoms with Gasteiger partial charge in [0.15, 0.2) is 5.78 Å². The maximum atomic E-state index is 12.5. The molecule has 25 heavy (non-hydrogen) atoms. The largest absolute Gasteiger partial charge is 0.352 e. The molecule has 0 atom stereocenters. The summed E-state index contributed by atoms with van der Waals surface area (Å²) >= 11 is 0.